The van der Waals surface area contributed by atoms with Crippen LogP contribution in [0.15, 0.2) is 24.3 Å². The molecule has 1 N–H and O–H groups in total. The van der Waals surface area contributed by atoms with E-state index < -0.39 is 0 Å². The predicted molar refractivity (Wildman–Crippen MR) is 44.4 cm³/mol. The molecular formula is C9H12NO. The van der Waals surface area contributed by atoms with Crippen molar-refractivity contribution in [3.8, 4) is 5.75 Å². The van der Waals surface area contributed by atoms with Crippen molar-refractivity contribution in [2.24, 2.45) is 0 Å². The van der Waals surface area contributed by atoms with E-state index in [0.29, 0.717) is 6.73 Å². The van der Waals surface area contributed by atoms with Crippen molar-refractivity contribution in [1.82, 2.24) is 5.32 Å². The molecule has 0 bridgehead atoms. The summed E-state index contributed by atoms with van der Waals surface area (Å²) in [6, 6.07) is 10.4. The van der Waals surface area contributed by atoms with Gasteiger partial charge < -0.3 is 4.74 Å². The van der Waals surface area contributed by atoms with Crippen molar-refractivity contribution < 1.29 is 4.74 Å². The Morgan fingerprint density at radius 2 is 2.55 bits per heavy atom. The Labute approximate surface area is 67.2 Å². The van der Waals surface area contributed by atoms with Crippen LogP contribution < -0.4 is 10.1 Å². The van der Waals surface area contributed by atoms with Gasteiger partial charge in [0.25, 0.3) is 0 Å². The van der Waals surface area contributed by atoms with Crippen LogP contribution in [-0.2, 0) is 0 Å². The molecule has 0 fully saturated rings. The van der Waals surface area contributed by atoms with Gasteiger partial charge in [0.1, 0.15) is 12.5 Å². The van der Waals surface area contributed by atoms with E-state index in [9.17, 15) is 0 Å². The van der Waals surface area contributed by atoms with Gasteiger partial charge in [0.05, 0.1) is 0 Å². The van der Waals surface area contributed by atoms with E-state index in [4.69, 9.17) is 4.74 Å². The fourth-order valence-electron chi connectivity index (χ4n) is 0.703. The number of hydrogen-bond acceptors (Lipinski definition) is 2. The molecule has 11 heavy (non-hydrogen) atoms. The average Bonchev–Trinajstić information content (AvgIpc) is 2.07. The van der Waals surface area contributed by atoms with Gasteiger partial charge in [-0.2, -0.15) is 0 Å². The zero-order valence-electron chi connectivity index (χ0n) is 6.63. The highest BCUT2D eigenvalue weighted by atomic mass is 16.5. The van der Waals surface area contributed by atoms with Crippen LogP contribution in [0, 0.1) is 6.07 Å². The van der Waals surface area contributed by atoms with Crippen molar-refractivity contribution in [2.45, 2.75) is 6.92 Å². The van der Waals surface area contributed by atoms with Crippen molar-refractivity contribution in [3.63, 3.8) is 0 Å². The first-order chi connectivity index (χ1) is 5.43. The second kappa shape index (κ2) is 4.74. The molecular weight excluding hydrogens is 138 g/mol. The summed E-state index contributed by atoms with van der Waals surface area (Å²) < 4.78 is 5.30. The van der Waals surface area contributed by atoms with Crippen LogP contribution in [0.4, 0.5) is 0 Å². The molecule has 0 atom stereocenters. The van der Waals surface area contributed by atoms with Crippen LogP contribution >= 0.6 is 0 Å². The van der Waals surface area contributed by atoms with Crippen molar-refractivity contribution in [3.05, 3.63) is 30.3 Å². The Balaban J connectivity index is 2.28. The van der Waals surface area contributed by atoms with Crippen LogP contribution in [0.1, 0.15) is 6.92 Å². The zero-order valence-corrected chi connectivity index (χ0v) is 6.63. The first kappa shape index (κ1) is 8.08. The van der Waals surface area contributed by atoms with Gasteiger partial charge in [-0.15, -0.1) is 0 Å². The fraction of sp³-hybridized carbons (Fsp3) is 0.333. The van der Waals surface area contributed by atoms with Gasteiger partial charge in [0, 0.05) is 0 Å². The number of rotatable bonds is 4. The molecule has 59 valence electrons. The van der Waals surface area contributed by atoms with Gasteiger partial charge in [-0.3, -0.25) is 5.32 Å². The maximum Gasteiger partial charge on any atom is 0.139 e. The second-order valence-electron chi connectivity index (χ2n) is 2.13. The second-order valence-corrected chi connectivity index (χ2v) is 2.13. The van der Waals surface area contributed by atoms with Gasteiger partial charge in [0.2, 0.25) is 0 Å². The molecule has 0 aliphatic carbocycles. The molecule has 1 aromatic rings. The molecule has 0 aromatic heterocycles. The lowest BCUT2D eigenvalue weighted by Gasteiger charge is -2.04. The number of ether oxygens (including phenoxy) is 1. The first-order valence-electron chi connectivity index (χ1n) is 3.73. The minimum atomic E-state index is 0.564. The lowest BCUT2D eigenvalue weighted by Crippen LogP contribution is -2.19. The third kappa shape index (κ3) is 3.05. The normalized spacial score (nSPS) is 9.55. The molecule has 0 saturated heterocycles. The van der Waals surface area contributed by atoms with E-state index in [2.05, 4.69) is 11.4 Å². The van der Waals surface area contributed by atoms with Gasteiger partial charge in [-0.05, 0) is 24.7 Å². The average molecular weight is 150 g/mol. The summed E-state index contributed by atoms with van der Waals surface area (Å²) in [4.78, 5) is 0. The summed E-state index contributed by atoms with van der Waals surface area (Å²) in [5, 5.41) is 3.06. The maximum absolute atomic E-state index is 5.30. The Morgan fingerprint density at radius 1 is 1.64 bits per heavy atom. The molecule has 1 aromatic carbocycles. The third-order valence-corrected chi connectivity index (χ3v) is 1.27. The summed E-state index contributed by atoms with van der Waals surface area (Å²) in [5.41, 5.74) is 0. The Kier molecular flexibility index (Phi) is 3.48. The van der Waals surface area contributed by atoms with Crippen LogP contribution in [0.2, 0.25) is 0 Å². The van der Waals surface area contributed by atoms with Crippen molar-refractivity contribution in [1.29, 1.82) is 0 Å². The Morgan fingerprint density at radius 3 is 3.18 bits per heavy atom. The molecule has 2 nitrogen and oxygen atoms in total. The molecule has 0 unspecified atom stereocenters. The van der Waals surface area contributed by atoms with Gasteiger partial charge in [-0.1, -0.05) is 19.1 Å². The highest BCUT2D eigenvalue weighted by Gasteiger charge is 1.87. The molecule has 0 aliphatic heterocycles. The van der Waals surface area contributed by atoms with Crippen LogP contribution in [0.25, 0.3) is 0 Å². The van der Waals surface area contributed by atoms with Crippen molar-refractivity contribution >= 4 is 0 Å². The number of hydrogen-bond donors (Lipinski definition) is 1. The van der Waals surface area contributed by atoms with Gasteiger partial charge in [-0.25, -0.2) is 0 Å². The number of benzene rings is 1. The van der Waals surface area contributed by atoms with E-state index >= 15 is 0 Å². The van der Waals surface area contributed by atoms with E-state index in [1.807, 2.05) is 31.2 Å². The van der Waals surface area contributed by atoms with Crippen LogP contribution in [0.3, 0.4) is 0 Å². The van der Waals surface area contributed by atoms with Gasteiger partial charge >= 0.3 is 0 Å². The molecule has 0 aliphatic rings. The smallest absolute Gasteiger partial charge is 0.139 e. The SMILES string of the molecule is CCNCOc1c[c]ccc1. The Hall–Kier alpha value is -1.02. The summed E-state index contributed by atoms with van der Waals surface area (Å²) in [6.45, 7) is 3.53. The van der Waals surface area contributed by atoms with E-state index in [0.717, 1.165) is 12.3 Å². The van der Waals surface area contributed by atoms with Crippen LogP contribution in [0.5, 0.6) is 5.75 Å². The third-order valence-electron chi connectivity index (χ3n) is 1.27. The van der Waals surface area contributed by atoms with Crippen molar-refractivity contribution in [2.75, 3.05) is 13.3 Å². The minimum absolute atomic E-state index is 0.564. The standard InChI is InChI=1S/C9H12NO/c1-2-10-8-11-9-6-4-3-5-7-9/h3-4,6-7,10H,2,8H2,1H3. The zero-order chi connectivity index (χ0) is 7.94. The lowest BCUT2D eigenvalue weighted by molar-refractivity contribution is 0.287. The maximum atomic E-state index is 5.30. The molecule has 1 radical (unpaired) electrons. The number of nitrogens with one attached hydrogen (secondary N) is 1. The molecule has 0 heterocycles. The predicted octanol–water partition coefficient (Wildman–Crippen LogP) is 1.43. The fourth-order valence-corrected chi connectivity index (χ4v) is 0.703. The summed E-state index contributed by atoms with van der Waals surface area (Å²) in [7, 11) is 0. The molecule has 2 heteroatoms. The lowest BCUT2D eigenvalue weighted by atomic mass is 10.3. The topological polar surface area (TPSA) is 21.3 Å². The highest BCUT2D eigenvalue weighted by molar-refractivity contribution is 5.19. The van der Waals surface area contributed by atoms with Gasteiger partial charge in [0.15, 0.2) is 0 Å². The van der Waals surface area contributed by atoms with E-state index in [1.54, 1.807) is 0 Å². The minimum Gasteiger partial charge on any atom is -0.478 e. The largest absolute Gasteiger partial charge is 0.478 e. The Bertz CT molecular complexity index is 186. The molecule has 0 saturated carbocycles. The molecule has 0 spiro atoms. The summed E-state index contributed by atoms with van der Waals surface area (Å²) >= 11 is 0. The first-order valence-corrected chi connectivity index (χ1v) is 3.73. The van der Waals surface area contributed by atoms with E-state index in [1.165, 1.54) is 0 Å². The highest BCUT2D eigenvalue weighted by Crippen LogP contribution is 2.06. The summed E-state index contributed by atoms with van der Waals surface area (Å²) in [5.74, 6) is 0.855. The molecule has 1 rings (SSSR count). The molecule has 0 amide bonds. The monoisotopic (exact) mass is 150 g/mol. The quantitative estimate of drug-likeness (QED) is 0.518. The van der Waals surface area contributed by atoms with E-state index in [-0.39, 0.29) is 0 Å². The van der Waals surface area contributed by atoms with Crippen LogP contribution in [-0.4, -0.2) is 13.3 Å². The summed E-state index contributed by atoms with van der Waals surface area (Å²) in [6.07, 6.45) is 0.